The zero-order valence-corrected chi connectivity index (χ0v) is 16.9. The molecule has 0 aliphatic heterocycles. The van der Waals surface area contributed by atoms with Gasteiger partial charge in [0.2, 0.25) is 0 Å². The van der Waals surface area contributed by atoms with Crippen molar-refractivity contribution in [1.82, 2.24) is 0 Å². The Bertz CT molecular complexity index is 578. The van der Waals surface area contributed by atoms with E-state index in [0.29, 0.717) is 12.8 Å². The van der Waals surface area contributed by atoms with Crippen LogP contribution in [0.5, 0.6) is 0 Å². The second-order valence-corrected chi connectivity index (χ2v) is 8.63. The third kappa shape index (κ3) is 6.66. The van der Waals surface area contributed by atoms with Crippen molar-refractivity contribution in [2.24, 2.45) is 11.8 Å². The smallest absolute Gasteiger partial charge is 0.0724 e. The first-order valence-electron chi connectivity index (χ1n) is 9.92. The molecule has 5 atom stereocenters. The number of unbranched alkanes of at least 4 members (excludes halogenated alkanes) is 2. The lowest BCUT2D eigenvalue weighted by Crippen LogP contribution is -2.20. The number of aliphatic hydroxyl groups excluding tert-OH is 3. The molecule has 1 saturated carbocycles. The molecule has 0 radical (unpaired) electrons. The molecule has 1 fully saturated rings. The van der Waals surface area contributed by atoms with E-state index in [1.807, 2.05) is 6.08 Å². The highest BCUT2D eigenvalue weighted by atomic mass is 32.1. The van der Waals surface area contributed by atoms with Gasteiger partial charge >= 0.3 is 0 Å². The lowest BCUT2D eigenvalue weighted by Gasteiger charge is -2.19. The lowest BCUT2D eigenvalue weighted by atomic mass is 9.89. The molecule has 2 rings (SSSR count). The number of hydrogen-bond acceptors (Lipinski definition) is 4. The molecule has 0 saturated heterocycles. The molecule has 4 heteroatoms. The number of allylic oxidation sites excluding steroid dienone is 2. The number of rotatable bonds is 10. The lowest BCUT2D eigenvalue weighted by molar-refractivity contribution is 0.120. The first-order valence-corrected chi connectivity index (χ1v) is 10.8. The maximum absolute atomic E-state index is 10.3. The van der Waals surface area contributed by atoms with Crippen molar-refractivity contribution in [3.05, 3.63) is 46.2 Å². The number of hydrogen-bond donors (Lipinski definition) is 3. The average molecular weight is 379 g/mol. The molecule has 0 amide bonds. The molecule has 0 bridgehead atoms. The van der Waals surface area contributed by atoms with E-state index in [9.17, 15) is 15.3 Å². The van der Waals surface area contributed by atoms with E-state index in [-0.39, 0.29) is 11.8 Å². The van der Waals surface area contributed by atoms with Gasteiger partial charge in [0.25, 0.3) is 0 Å². The summed E-state index contributed by atoms with van der Waals surface area (Å²) in [5.74, 6) is -0.0512. The van der Waals surface area contributed by atoms with Crippen molar-refractivity contribution in [2.75, 3.05) is 0 Å². The van der Waals surface area contributed by atoms with Crippen LogP contribution in [0.1, 0.15) is 55.9 Å². The summed E-state index contributed by atoms with van der Waals surface area (Å²) >= 11 is 1.74. The summed E-state index contributed by atoms with van der Waals surface area (Å²) in [7, 11) is 0. The molecule has 1 aliphatic carbocycles. The van der Waals surface area contributed by atoms with Crippen molar-refractivity contribution in [3.8, 4) is 0 Å². The quantitative estimate of drug-likeness (QED) is 0.418. The summed E-state index contributed by atoms with van der Waals surface area (Å²) in [6.45, 7) is 4.27. The van der Waals surface area contributed by atoms with Gasteiger partial charge in [-0.1, -0.05) is 44.1 Å². The number of aliphatic hydroxyl groups is 3. The summed E-state index contributed by atoms with van der Waals surface area (Å²) < 4.78 is 0. The van der Waals surface area contributed by atoms with Crippen LogP contribution >= 0.6 is 11.3 Å². The summed E-state index contributed by atoms with van der Waals surface area (Å²) in [5.41, 5.74) is 1.27. The second kappa shape index (κ2) is 11.0. The molecule has 0 aromatic carbocycles. The molecule has 1 aromatic heterocycles. The summed E-state index contributed by atoms with van der Waals surface area (Å²) in [5, 5.41) is 32.9. The maximum atomic E-state index is 10.3. The molecule has 1 aromatic rings. The highest BCUT2D eigenvalue weighted by Gasteiger charge is 2.39. The normalized spacial score (nSPS) is 27.7. The minimum absolute atomic E-state index is 0.0332. The van der Waals surface area contributed by atoms with Crippen LogP contribution in [0.3, 0.4) is 0 Å². The number of thiophene rings is 1. The van der Waals surface area contributed by atoms with Crippen molar-refractivity contribution in [3.63, 3.8) is 0 Å². The third-order valence-corrected chi connectivity index (χ3v) is 6.19. The van der Waals surface area contributed by atoms with Crippen LogP contribution in [0.4, 0.5) is 0 Å². The van der Waals surface area contributed by atoms with Gasteiger partial charge in [0, 0.05) is 17.2 Å². The Hall–Kier alpha value is -0.940. The summed E-state index contributed by atoms with van der Waals surface area (Å²) in [4.78, 5) is 1.29. The molecule has 3 N–H and O–H groups in total. The van der Waals surface area contributed by atoms with Gasteiger partial charge in [0.15, 0.2) is 0 Å². The molecule has 0 unspecified atom stereocenters. The van der Waals surface area contributed by atoms with Crippen LogP contribution in [0, 0.1) is 18.8 Å². The predicted octanol–water partition coefficient (Wildman–Crippen LogP) is 4.40. The molecule has 1 heterocycles. The van der Waals surface area contributed by atoms with Crippen molar-refractivity contribution < 1.29 is 15.3 Å². The number of aryl methyl sites for hydroxylation is 2. The van der Waals surface area contributed by atoms with Gasteiger partial charge < -0.3 is 15.3 Å². The fraction of sp³-hybridized carbons (Fsp3) is 0.636. The van der Waals surface area contributed by atoms with E-state index in [4.69, 9.17) is 0 Å². The van der Waals surface area contributed by atoms with Gasteiger partial charge in [-0.2, -0.15) is 0 Å². The van der Waals surface area contributed by atoms with Gasteiger partial charge in [-0.25, -0.2) is 0 Å². The second-order valence-electron chi connectivity index (χ2n) is 7.52. The molecule has 1 aliphatic rings. The van der Waals surface area contributed by atoms with E-state index in [0.717, 1.165) is 19.3 Å². The zero-order valence-electron chi connectivity index (χ0n) is 16.1. The van der Waals surface area contributed by atoms with E-state index >= 15 is 0 Å². The van der Waals surface area contributed by atoms with E-state index in [1.165, 1.54) is 23.3 Å². The van der Waals surface area contributed by atoms with Gasteiger partial charge in [-0.15, -0.1) is 11.3 Å². The first-order chi connectivity index (χ1) is 12.5. The molecule has 146 valence electrons. The first kappa shape index (κ1) is 21.4. The zero-order chi connectivity index (χ0) is 18.9. The molecule has 0 spiro atoms. The van der Waals surface area contributed by atoms with Gasteiger partial charge in [0.05, 0.1) is 18.3 Å². The van der Waals surface area contributed by atoms with Crippen LogP contribution in [-0.2, 0) is 6.42 Å². The fourth-order valence-electron chi connectivity index (χ4n) is 3.70. The van der Waals surface area contributed by atoms with E-state index < -0.39 is 18.3 Å². The van der Waals surface area contributed by atoms with E-state index in [1.54, 1.807) is 17.4 Å². The fourth-order valence-corrected chi connectivity index (χ4v) is 4.44. The van der Waals surface area contributed by atoms with Crippen LogP contribution in [0.25, 0.3) is 0 Å². The minimum atomic E-state index is -0.526. The Morgan fingerprint density at radius 2 is 2.08 bits per heavy atom. The largest absolute Gasteiger partial charge is 0.393 e. The SMILES string of the molecule is CCCC/C=C\C[C@@H]1[C@@H](/C=C/[C@H](O)CCc2csc(C)c2)[C@@H](O)C[C@@H]1O. The Kier molecular flexibility index (Phi) is 9.06. The van der Waals surface area contributed by atoms with Gasteiger partial charge in [-0.05, 0) is 55.5 Å². The Labute approximate surface area is 162 Å². The van der Waals surface area contributed by atoms with Crippen LogP contribution in [0.15, 0.2) is 35.8 Å². The van der Waals surface area contributed by atoms with Crippen LogP contribution < -0.4 is 0 Å². The van der Waals surface area contributed by atoms with E-state index in [2.05, 4.69) is 37.4 Å². The minimum Gasteiger partial charge on any atom is -0.393 e. The highest BCUT2D eigenvalue weighted by molar-refractivity contribution is 7.10. The molecule has 3 nitrogen and oxygen atoms in total. The topological polar surface area (TPSA) is 60.7 Å². The summed E-state index contributed by atoms with van der Waals surface area (Å²) in [6.07, 6.45) is 12.7. The van der Waals surface area contributed by atoms with Crippen molar-refractivity contribution in [2.45, 2.75) is 77.1 Å². The summed E-state index contributed by atoms with van der Waals surface area (Å²) in [6, 6.07) is 2.17. The van der Waals surface area contributed by atoms with Crippen molar-refractivity contribution in [1.29, 1.82) is 0 Å². The Balaban J connectivity index is 1.84. The Morgan fingerprint density at radius 3 is 2.77 bits per heavy atom. The molecule has 26 heavy (non-hydrogen) atoms. The maximum Gasteiger partial charge on any atom is 0.0724 e. The Morgan fingerprint density at radius 1 is 1.27 bits per heavy atom. The third-order valence-electron chi connectivity index (χ3n) is 5.28. The van der Waals surface area contributed by atoms with Crippen molar-refractivity contribution >= 4 is 11.3 Å². The molecular weight excluding hydrogens is 344 g/mol. The average Bonchev–Trinajstić information content (AvgIpc) is 3.14. The van der Waals surface area contributed by atoms with Gasteiger partial charge in [-0.3, -0.25) is 0 Å². The van der Waals surface area contributed by atoms with Crippen LogP contribution in [0.2, 0.25) is 0 Å². The standard InChI is InChI=1S/C22H34O3S/c1-3-4-5-6-7-8-19-20(22(25)14-21(19)24)12-11-18(23)10-9-17-13-16(2)26-15-17/h6-7,11-13,15,18-25H,3-5,8-10,14H2,1-2H3/b7-6-,12-11+/t18-,19-,20-,21+,22+/m1/s1. The van der Waals surface area contributed by atoms with Gasteiger partial charge in [0.1, 0.15) is 0 Å². The highest BCUT2D eigenvalue weighted by Crippen LogP contribution is 2.36. The molecular formula is C22H34O3S. The monoisotopic (exact) mass is 378 g/mol. The predicted molar refractivity (Wildman–Crippen MR) is 109 cm³/mol. The van der Waals surface area contributed by atoms with Crippen LogP contribution in [-0.4, -0.2) is 33.6 Å².